The van der Waals surface area contributed by atoms with Crippen LogP contribution >= 0.6 is 0 Å². The number of aliphatic hydroxyl groups excluding tert-OH is 1. The molecule has 1 spiro atoms. The maximum absolute atomic E-state index is 14.5. The summed E-state index contributed by atoms with van der Waals surface area (Å²) in [6.07, 6.45) is 5.02. The summed E-state index contributed by atoms with van der Waals surface area (Å²) in [6.45, 7) is 9.60. The van der Waals surface area contributed by atoms with Crippen LogP contribution in [0.15, 0.2) is 128 Å². The van der Waals surface area contributed by atoms with Crippen LogP contribution in [0.25, 0.3) is 5.57 Å². The monoisotopic (exact) mass is 1380 g/mol. The molecule has 4 N–H and O–H groups in total. The van der Waals surface area contributed by atoms with Gasteiger partial charge in [0.1, 0.15) is 24.2 Å². The van der Waals surface area contributed by atoms with Crippen molar-refractivity contribution in [1.29, 1.82) is 0 Å². The number of nitrogens with zero attached hydrogens (tertiary/aromatic N) is 4. The molecule has 5 atom stereocenters. The van der Waals surface area contributed by atoms with Crippen molar-refractivity contribution < 1.29 is 67.2 Å². The van der Waals surface area contributed by atoms with Gasteiger partial charge in [-0.3, -0.25) is 38.4 Å². The molecule has 21 nitrogen and oxygen atoms in total. The Bertz CT molecular complexity index is 4360. The van der Waals surface area contributed by atoms with Gasteiger partial charge in [0, 0.05) is 91.7 Å². The van der Waals surface area contributed by atoms with E-state index in [0.29, 0.717) is 83.2 Å². The third-order valence-corrected chi connectivity index (χ3v) is 20.5. The maximum Gasteiger partial charge on any atom is 0.416 e. The second-order valence-corrected chi connectivity index (χ2v) is 27.9. The lowest BCUT2D eigenvalue weighted by Gasteiger charge is -2.31. The molecule has 6 aliphatic rings. The number of ether oxygens (including phenoxy) is 4. The number of hydrogen-bond acceptors (Lipinski definition) is 14. The van der Waals surface area contributed by atoms with Crippen molar-refractivity contribution in [3.05, 3.63) is 183 Å². The molecule has 0 radical (unpaired) electrons. The van der Waals surface area contributed by atoms with Crippen LogP contribution in [0.1, 0.15) is 164 Å². The number of Topliss-reactive ketones (excluding diaryl/α,β-unsaturated/α-hetero) is 2. The van der Waals surface area contributed by atoms with Crippen LogP contribution in [0.3, 0.4) is 0 Å². The third kappa shape index (κ3) is 16.1. The second kappa shape index (κ2) is 31.1. The SMILES string of the molecule is CCc1ccc(C2=CN3C(=O)c4cc(OC)c(OCCCOc5cc6c(cc5C)C(=O)N5CC7(CC7)C[C@H]5C(O)N6C(=O)OCc5ccc(NC(=O)[C@H](C)NC(=O)[C@@H](CC(=O)CNC(=O)CCC(=O)CCC(=O)N6Cc7ccccc7C#Cc7ccccc76)C(C)C)cc5)cc4CC[C@@H]3C2)cc1. The lowest BCUT2D eigenvalue weighted by atomic mass is 9.89. The van der Waals surface area contributed by atoms with Crippen LogP contribution in [0.5, 0.6) is 17.2 Å². The van der Waals surface area contributed by atoms with E-state index in [-0.39, 0.29) is 111 Å². The number of nitrogens with one attached hydrogen (secondary N) is 3. The first-order valence-corrected chi connectivity index (χ1v) is 35.4. The Morgan fingerprint density at radius 3 is 2.17 bits per heavy atom. The van der Waals surface area contributed by atoms with E-state index in [1.165, 1.54) is 12.5 Å². The first-order valence-electron chi connectivity index (χ1n) is 35.4. The number of anilines is 3. The second-order valence-electron chi connectivity index (χ2n) is 27.9. The van der Waals surface area contributed by atoms with Gasteiger partial charge >= 0.3 is 6.09 Å². The molecule has 1 saturated carbocycles. The third-order valence-electron chi connectivity index (χ3n) is 20.5. The molecule has 6 aromatic carbocycles. The van der Waals surface area contributed by atoms with Crippen molar-refractivity contribution >= 4 is 75.7 Å². The van der Waals surface area contributed by atoms with Gasteiger partial charge in [0.05, 0.1) is 56.4 Å². The van der Waals surface area contributed by atoms with Gasteiger partial charge in [0.15, 0.2) is 23.5 Å². The van der Waals surface area contributed by atoms with E-state index in [1.54, 1.807) is 73.2 Å². The average Bonchev–Trinajstić information content (AvgIpc) is 1.57. The van der Waals surface area contributed by atoms with Gasteiger partial charge in [-0.25, -0.2) is 9.69 Å². The molecule has 102 heavy (non-hydrogen) atoms. The van der Waals surface area contributed by atoms with E-state index in [1.807, 2.05) is 72.6 Å². The summed E-state index contributed by atoms with van der Waals surface area (Å²) in [6, 6.07) is 35.3. The molecule has 21 heteroatoms. The van der Waals surface area contributed by atoms with Crippen LogP contribution in [-0.4, -0.2) is 126 Å². The van der Waals surface area contributed by atoms with Gasteiger partial charge in [-0.2, -0.15) is 0 Å². The fourth-order valence-electron chi connectivity index (χ4n) is 14.2. The topological polar surface area (TPSA) is 260 Å². The number of amides is 7. The molecule has 0 bridgehead atoms. The van der Waals surface area contributed by atoms with Crippen molar-refractivity contribution in [3.63, 3.8) is 0 Å². The molecule has 5 aliphatic heterocycles. The minimum absolute atomic E-state index is 0.0473. The van der Waals surface area contributed by atoms with Crippen molar-refractivity contribution in [2.45, 2.75) is 156 Å². The Morgan fingerprint density at radius 1 is 0.725 bits per heavy atom. The van der Waals surface area contributed by atoms with Crippen LogP contribution in [0.2, 0.25) is 0 Å². The largest absolute Gasteiger partial charge is 0.493 e. The molecule has 1 saturated heterocycles. The Morgan fingerprint density at radius 2 is 1.43 bits per heavy atom. The molecule has 12 rings (SSSR count). The number of ketones is 2. The highest BCUT2D eigenvalue weighted by Gasteiger charge is 2.58. The summed E-state index contributed by atoms with van der Waals surface area (Å²) in [5.41, 5.74) is 9.93. The number of hydrogen-bond donors (Lipinski definition) is 4. The highest BCUT2D eigenvalue weighted by molar-refractivity contribution is 6.06. The zero-order chi connectivity index (χ0) is 71.9. The maximum atomic E-state index is 14.5. The Balaban J connectivity index is 0.599. The number of methoxy groups -OCH3 is 1. The minimum Gasteiger partial charge on any atom is -0.493 e. The normalized spacial score (nSPS) is 18.0. The predicted octanol–water partition coefficient (Wildman–Crippen LogP) is 11.0. The number of rotatable bonds is 26. The number of para-hydroxylation sites is 1. The van der Waals surface area contributed by atoms with Crippen LogP contribution < -0.4 is 40.0 Å². The number of fused-ring (bicyclic) bond motifs is 6. The highest BCUT2D eigenvalue weighted by atomic mass is 16.6. The number of aliphatic hydroxyl groups is 1. The molecular weight excluding hydrogens is 1290 g/mol. The molecular formula is C81H87N7O14. The van der Waals surface area contributed by atoms with Crippen LogP contribution in [0, 0.1) is 36.0 Å². The Labute approximate surface area is 594 Å². The van der Waals surface area contributed by atoms with E-state index in [4.69, 9.17) is 18.9 Å². The minimum atomic E-state index is -1.44. The lowest BCUT2D eigenvalue weighted by molar-refractivity contribution is -0.133. The summed E-state index contributed by atoms with van der Waals surface area (Å²) < 4.78 is 24.3. The van der Waals surface area contributed by atoms with Gasteiger partial charge in [-0.1, -0.05) is 99.3 Å². The molecule has 0 aromatic heterocycles. The average molecular weight is 1380 g/mol. The molecule has 6 aromatic rings. The number of benzene rings is 6. The number of aryl methyl sites for hydroxylation is 3. The number of carbonyl (C=O) groups excluding carboxylic acids is 9. The van der Waals surface area contributed by atoms with Gasteiger partial charge < -0.3 is 54.7 Å². The summed E-state index contributed by atoms with van der Waals surface area (Å²) in [5, 5.41) is 20.2. The summed E-state index contributed by atoms with van der Waals surface area (Å²) in [5.74, 6) is 3.64. The molecule has 2 fully saturated rings. The lowest BCUT2D eigenvalue weighted by Crippen LogP contribution is -2.50. The molecule has 5 heterocycles. The quantitative estimate of drug-likeness (QED) is 0.0291. The Kier molecular flexibility index (Phi) is 21.7. The first kappa shape index (κ1) is 71.2. The van der Waals surface area contributed by atoms with E-state index in [0.717, 1.165) is 64.8 Å². The molecule has 530 valence electrons. The van der Waals surface area contributed by atoms with Crippen molar-refractivity contribution in [3.8, 4) is 29.1 Å². The van der Waals surface area contributed by atoms with Crippen molar-refractivity contribution in [1.82, 2.24) is 20.4 Å². The highest BCUT2D eigenvalue weighted by Crippen LogP contribution is 2.57. The zero-order valence-electron chi connectivity index (χ0n) is 58.6. The van der Waals surface area contributed by atoms with Gasteiger partial charge in [-0.05, 0) is 158 Å². The van der Waals surface area contributed by atoms with Crippen LogP contribution in [0.4, 0.5) is 21.9 Å². The first-order chi connectivity index (χ1) is 49.2. The van der Waals surface area contributed by atoms with E-state index >= 15 is 0 Å². The van der Waals surface area contributed by atoms with Crippen LogP contribution in [-0.2, 0) is 59.5 Å². The smallest absolute Gasteiger partial charge is 0.416 e. The summed E-state index contributed by atoms with van der Waals surface area (Å²) in [7, 11) is 1.55. The fraction of sp³-hybridized carbons (Fsp3) is 0.395. The fourth-order valence-corrected chi connectivity index (χ4v) is 14.2. The van der Waals surface area contributed by atoms with Gasteiger partial charge in [0.2, 0.25) is 23.6 Å². The van der Waals surface area contributed by atoms with Crippen molar-refractivity contribution in [2.75, 3.05) is 48.5 Å². The Hall–Kier alpha value is -10.6. The summed E-state index contributed by atoms with van der Waals surface area (Å²) >= 11 is 0. The van der Waals surface area contributed by atoms with Gasteiger partial charge in [-0.15, -0.1) is 0 Å². The molecule has 1 aliphatic carbocycles. The van der Waals surface area contributed by atoms with Crippen molar-refractivity contribution in [2.24, 2.45) is 17.3 Å². The molecule has 7 amide bonds. The van der Waals surface area contributed by atoms with E-state index in [2.05, 4.69) is 59.0 Å². The summed E-state index contributed by atoms with van der Waals surface area (Å²) in [4.78, 5) is 129. The van der Waals surface area contributed by atoms with Gasteiger partial charge in [0.25, 0.3) is 11.8 Å². The standard InChI is InChI=1S/C81H87N7O14/c1-7-52-17-21-55(22-18-52)59-38-61-28-25-57-39-72(71(99-6)41-65(57)77(95)85(61)46-59)101-36-12-35-100-70-42-68-66(37-50(70)4)78(96)87-48-81(33-34-81)43-69(87)79(97)88(68)80(98)102-47-53-19-26-60(27-20-53)84-75(93)51(5)83-76(94)64(49(2)3)40-63(90)44-82-73(91)31-29-62(89)30-32-74(92)86-45-58-15-9-8-13-54(58)23-24-56-14-10-11-16-67(56)86/h8-11,13-22,26-27,37,39,41-42,46,49,51,61,64,69,79,97H,7,12,25,28-36,38,40,43-45,47-48H2,1-6H3,(H,82,91)(H,83,94)(H,84,93)/t51-,61+,64-,69-,79?/m0/s1. The molecule has 1 unspecified atom stereocenters. The number of carbonyl (C=O) groups is 9. The van der Waals surface area contributed by atoms with E-state index in [9.17, 15) is 48.3 Å². The van der Waals surface area contributed by atoms with E-state index < -0.39 is 53.8 Å². The predicted molar refractivity (Wildman–Crippen MR) is 383 cm³/mol. The zero-order valence-corrected chi connectivity index (χ0v) is 58.6.